The minimum atomic E-state index is -1.14. The van der Waals surface area contributed by atoms with Crippen molar-refractivity contribution in [2.24, 2.45) is 5.92 Å². The number of carboxylic acids is 1. The van der Waals surface area contributed by atoms with Gasteiger partial charge in [-0.2, -0.15) is 0 Å². The van der Waals surface area contributed by atoms with E-state index >= 15 is 0 Å². The van der Waals surface area contributed by atoms with E-state index in [4.69, 9.17) is 14.8 Å². The Bertz CT molecular complexity index is 867. The number of ether oxygens (including phenoxy) is 1. The molecular weight excluding hydrogens is 328 g/mol. The highest BCUT2D eigenvalue weighted by Gasteiger charge is 2.23. The number of rotatable bonds is 4. The maximum absolute atomic E-state index is 10.8. The van der Waals surface area contributed by atoms with Crippen molar-refractivity contribution in [3.05, 3.63) is 47.5 Å². The smallest absolute Gasteiger partial charge is 0.382 e. The number of aryl methyl sites for hydroxylation is 1. The van der Waals surface area contributed by atoms with Crippen molar-refractivity contribution >= 4 is 11.8 Å². The fourth-order valence-corrected chi connectivity index (χ4v) is 3.32. The Morgan fingerprint density at radius 1 is 1.35 bits per heavy atom. The summed E-state index contributed by atoms with van der Waals surface area (Å²) in [6.07, 6.45) is 1.10. The van der Waals surface area contributed by atoms with Gasteiger partial charge in [0.25, 0.3) is 0 Å². The van der Waals surface area contributed by atoms with Crippen LogP contribution in [0.3, 0.4) is 0 Å². The number of carboxylic acid groups (broad SMARTS) is 1. The Balaban J connectivity index is 1.93. The van der Waals surface area contributed by atoms with Gasteiger partial charge in [0.05, 0.1) is 12.3 Å². The fraction of sp³-hybridized carbons (Fsp3) is 0.333. The molecule has 1 fully saturated rings. The number of carbonyl (C=O) groups is 1. The van der Waals surface area contributed by atoms with Crippen LogP contribution < -0.4 is 4.90 Å². The maximum Gasteiger partial charge on any atom is 0.382 e. The normalized spacial score (nSPS) is 16.2. The minimum Gasteiger partial charge on any atom is -0.472 e. The predicted octanol–water partition coefficient (Wildman–Crippen LogP) is 2.97. The summed E-state index contributed by atoms with van der Waals surface area (Å²) in [5, 5.41) is 8.88. The lowest BCUT2D eigenvalue weighted by molar-refractivity contribution is -0.130. The van der Waals surface area contributed by atoms with Gasteiger partial charge in [0, 0.05) is 43.2 Å². The number of pyridine rings is 1. The Hall–Kier alpha value is -2.84. The van der Waals surface area contributed by atoms with E-state index in [2.05, 4.69) is 16.7 Å². The highest BCUT2D eigenvalue weighted by atomic mass is 16.5. The molecule has 0 aliphatic carbocycles. The van der Waals surface area contributed by atoms with Gasteiger partial charge in [-0.3, -0.25) is 0 Å². The van der Waals surface area contributed by atoms with E-state index < -0.39 is 5.97 Å². The first-order valence-electron chi connectivity index (χ1n) is 8.64. The lowest BCUT2D eigenvalue weighted by Crippen LogP contribution is -2.22. The third-order valence-electron chi connectivity index (χ3n) is 4.59. The van der Waals surface area contributed by atoms with Crippen molar-refractivity contribution in [3.63, 3.8) is 0 Å². The summed E-state index contributed by atoms with van der Waals surface area (Å²) in [6, 6.07) is 11.7. The minimum absolute atomic E-state index is 0.529. The maximum atomic E-state index is 10.8. The molecule has 1 aromatic heterocycles. The van der Waals surface area contributed by atoms with Crippen LogP contribution in [0.25, 0.3) is 11.3 Å². The molecule has 134 valence electrons. The molecule has 3 rings (SSSR count). The first-order valence-corrected chi connectivity index (χ1v) is 8.64. The zero-order chi connectivity index (χ0) is 18.5. The molecule has 1 N–H and O–H groups in total. The number of benzene rings is 1. The highest BCUT2D eigenvalue weighted by Crippen LogP contribution is 2.28. The van der Waals surface area contributed by atoms with Crippen LogP contribution in [0.1, 0.15) is 17.5 Å². The van der Waals surface area contributed by atoms with Crippen molar-refractivity contribution < 1.29 is 14.6 Å². The lowest BCUT2D eigenvalue weighted by atomic mass is 9.99. The van der Waals surface area contributed by atoms with Crippen LogP contribution in [0.15, 0.2) is 36.4 Å². The van der Waals surface area contributed by atoms with Gasteiger partial charge in [-0.15, -0.1) is 0 Å². The molecule has 1 aliphatic heterocycles. The Labute approximate surface area is 153 Å². The Morgan fingerprint density at radius 2 is 2.15 bits per heavy atom. The van der Waals surface area contributed by atoms with E-state index in [0.717, 1.165) is 48.8 Å². The fourth-order valence-electron chi connectivity index (χ4n) is 3.32. The molecule has 0 bridgehead atoms. The second-order valence-corrected chi connectivity index (χ2v) is 6.49. The third-order valence-corrected chi connectivity index (χ3v) is 4.59. The summed E-state index contributed by atoms with van der Waals surface area (Å²) in [5.74, 6) is 5.31. The summed E-state index contributed by atoms with van der Waals surface area (Å²) in [4.78, 5) is 17.9. The zero-order valence-electron chi connectivity index (χ0n) is 15.0. The topological polar surface area (TPSA) is 62.7 Å². The van der Waals surface area contributed by atoms with Crippen molar-refractivity contribution in [3.8, 4) is 23.1 Å². The van der Waals surface area contributed by atoms with Crippen LogP contribution in [0, 0.1) is 24.7 Å². The molecule has 2 aromatic rings. The number of aromatic nitrogens is 1. The van der Waals surface area contributed by atoms with Crippen molar-refractivity contribution in [2.45, 2.75) is 13.3 Å². The Kier molecular flexibility index (Phi) is 5.55. The first kappa shape index (κ1) is 18.0. The highest BCUT2D eigenvalue weighted by molar-refractivity contribution is 5.88. The molecule has 0 amide bonds. The quantitative estimate of drug-likeness (QED) is 0.859. The molecule has 26 heavy (non-hydrogen) atoms. The largest absolute Gasteiger partial charge is 0.472 e. The van der Waals surface area contributed by atoms with Crippen molar-refractivity contribution in [1.82, 2.24) is 4.98 Å². The molecule has 2 heterocycles. The molecule has 1 aliphatic rings. The number of anilines is 1. The van der Waals surface area contributed by atoms with Gasteiger partial charge in [-0.05, 0) is 31.0 Å². The van der Waals surface area contributed by atoms with E-state index in [9.17, 15) is 4.79 Å². The zero-order valence-corrected chi connectivity index (χ0v) is 15.0. The van der Waals surface area contributed by atoms with E-state index in [1.807, 2.05) is 43.3 Å². The second kappa shape index (κ2) is 8.03. The predicted molar refractivity (Wildman–Crippen MR) is 101 cm³/mol. The lowest BCUT2D eigenvalue weighted by Gasteiger charge is -2.18. The molecule has 0 saturated carbocycles. The third kappa shape index (κ3) is 4.04. The number of hydrogen-bond acceptors (Lipinski definition) is 4. The molecule has 0 spiro atoms. The summed E-state index contributed by atoms with van der Waals surface area (Å²) < 4.78 is 5.27. The van der Waals surface area contributed by atoms with Crippen LogP contribution in [0.4, 0.5) is 5.82 Å². The molecular formula is C21H22N2O3. The van der Waals surface area contributed by atoms with Gasteiger partial charge in [0.1, 0.15) is 5.82 Å². The number of methoxy groups -OCH3 is 1. The monoisotopic (exact) mass is 350 g/mol. The molecule has 5 heteroatoms. The summed E-state index contributed by atoms with van der Waals surface area (Å²) in [6.45, 7) is 4.59. The van der Waals surface area contributed by atoms with Crippen molar-refractivity contribution in [1.29, 1.82) is 0 Å². The molecule has 1 aromatic carbocycles. The van der Waals surface area contributed by atoms with Crippen molar-refractivity contribution in [2.75, 3.05) is 31.7 Å². The van der Waals surface area contributed by atoms with Crippen LogP contribution in [-0.2, 0) is 9.53 Å². The molecule has 1 unspecified atom stereocenters. The van der Waals surface area contributed by atoms with Gasteiger partial charge >= 0.3 is 5.97 Å². The van der Waals surface area contributed by atoms with E-state index in [-0.39, 0.29) is 0 Å². The number of aliphatic carboxylic acids is 1. The number of hydrogen-bond donors (Lipinski definition) is 1. The summed E-state index contributed by atoms with van der Waals surface area (Å²) in [7, 11) is 1.74. The van der Waals surface area contributed by atoms with Gasteiger partial charge in [-0.1, -0.05) is 30.2 Å². The van der Waals surface area contributed by atoms with Crippen LogP contribution >= 0.6 is 0 Å². The summed E-state index contributed by atoms with van der Waals surface area (Å²) >= 11 is 0. The summed E-state index contributed by atoms with van der Waals surface area (Å²) in [5.41, 5.74) is 3.30. The molecule has 0 radical (unpaired) electrons. The SMILES string of the molecule is COCC1CCN(c2cccc(-c3cccc(C)c3C#CC(=O)O)n2)C1. The molecule has 1 atom stereocenters. The van der Waals surface area contributed by atoms with Crippen LogP contribution in [0.2, 0.25) is 0 Å². The van der Waals surface area contributed by atoms with E-state index in [1.54, 1.807) is 7.11 Å². The molecule has 1 saturated heterocycles. The second-order valence-electron chi connectivity index (χ2n) is 6.49. The van der Waals surface area contributed by atoms with E-state index in [1.165, 1.54) is 0 Å². The average molecular weight is 350 g/mol. The van der Waals surface area contributed by atoms with Gasteiger partial charge in [0.15, 0.2) is 0 Å². The first-order chi connectivity index (χ1) is 12.6. The van der Waals surface area contributed by atoms with E-state index in [0.29, 0.717) is 11.5 Å². The van der Waals surface area contributed by atoms with Crippen LogP contribution in [0.5, 0.6) is 0 Å². The Morgan fingerprint density at radius 3 is 2.92 bits per heavy atom. The van der Waals surface area contributed by atoms with Gasteiger partial charge in [0.2, 0.25) is 0 Å². The van der Waals surface area contributed by atoms with Gasteiger partial charge in [-0.25, -0.2) is 9.78 Å². The molecule has 5 nitrogen and oxygen atoms in total. The van der Waals surface area contributed by atoms with Gasteiger partial charge < -0.3 is 14.7 Å². The average Bonchev–Trinajstić information content (AvgIpc) is 3.09. The number of nitrogens with zero attached hydrogens (tertiary/aromatic N) is 2. The standard InChI is InChI=1S/C21H22N2O3/c1-15-5-3-6-18(17(15)9-10-21(24)25)19-7-4-8-20(22-19)23-12-11-16(13-23)14-26-2/h3-8,16H,11-14H2,1-2H3,(H,24,25). The van der Waals surface area contributed by atoms with Crippen LogP contribution in [-0.4, -0.2) is 42.9 Å².